The number of benzene rings is 1. The summed E-state index contributed by atoms with van der Waals surface area (Å²) in [5.74, 6) is 0.370. The monoisotopic (exact) mass is 338 g/mol. The van der Waals surface area contributed by atoms with Gasteiger partial charge >= 0.3 is 0 Å². The molecular weight excluding hydrogens is 312 g/mol. The molecule has 0 bridgehead atoms. The molecule has 1 fully saturated rings. The molecule has 1 atom stereocenters. The van der Waals surface area contributed by atoms with Gasteiger partial charge in [0.25, 0.3) is 5.91 Å². The van der Waals surface area contributed by atoms with Crippen LogP contribution in [0.3, 0.4) is 0 Å². The van der Waals surface area contributed by atoms with Crippen molar-refractivity contribution in [3.63, 3.8) is 0 Å². The van der Waals surface area contributed by atoms with E-state index in [1.807, 2.05) is 37.3 Å². The van der Waals surface area contributed by atoms with E-state index in [1.54, 1.807) is 12.3 Å². The van der Waals surface area contributed by atoms with Crippen molar-refractivity contribution >= 4 is 11.9 Å². The lowest BCUT2D eigenvalue weighted by Crippen LogP contribution is -2.28. The molecular formula is C20H26N4O. The molecule has 25 heavy (non-hydrogen) atoms. The molecule has 1 saturated carbocycles. The van der Waals surface area contributed by atoms with E-state index in [0.29, 0.717) is 17.7 Å². The molecule has 0 radical (unpaired) electrons. The Morgan fingerprint density at radius 2 is 1.80 bits per heavy atom. The first-order valence-electron chi connectivity index (χ1n) is 9.18. The number of amides is 1. The van der Waals surface area contributed by atoms with Crippen LogP contribution in [0.1, 0.15) is 67.5 Å². The lowest BCUT2D eigenvalue weighted by molar-refractivity contribution is 0.0935. The Bertz CT molecular complexity index is 681. The van der Waals surface area contributed by atoms with Gasteiger partial charge in [-0.05, 0) is 31.4 Å². The number of rotatable bonds is 5. The fraction of sp³-hybridized carbons (Fsp3) is 0.450. The third-order valence-corrected chi connectivity index (χ3v) is 4.72. The summed E-state index contributed by atoms with van der Waals surface area (Å²) in [4.78, 5) is 21.2. The Morgan fingerprint density at radius 3 is 2.52 bits per heavy atom. The van der Waals surface area contributed by atoms with Gasteiger partial charge < -0.3 is 10.6 Å². The third kappa shape index (κ3) is 5.02. The maximum atomic E-state index is 12.5. The zero-order valence-corrected chi connectivity index (χ0v) is 14.7. The number of aromatic nitrogens is 2. The normalized spacial score (nSPS) is 16.7. The molecule has 1 aromatic carbocycles. The Hall–Kier alpha value is -2.43. The summed E-state index contributed by atoms with van der Waals surface area (Å²) >= 11 is 0. The van der Waals surface area contributed by atoms with E-state index in [2.05, 4.69) is 20.6 Å². The van der Waals surface area contributed by atoms with Crippen LogP contribution in [0, 0.1) is 0 Å². The minimum absolute atomic E-state index is 0.0677. The van der Waals surface area contributed by atoms with Gasteiger partial charge in [0.2, 0.25) is 5.95 Å². The van der Waals surface area contributed by atoms with Crippen LogP contribution in [0.15, 0.2) is 42.6 Å². The minimum Gasteiger partial charge on any atom is -0.351 e. The Morgan fingerprint density at radius 1 is 1.08 bits per heavy atom. The van der Waals surface area contributed by atoms with Gasteiger partial charge in [-0.15, -0.1) is 0 Å². The summed E-state index contributed by atoms with van der Waals surface area (Å²) in [6, 6.07) is 11.9. The van der Waals surface area contributed by atoms with Crippen LogP contribution in [-0.4, -0.2) is 21.9 Å². The molecule has 1 unspecified atom stereocenters. The Kier molecular flexibility index (Phi) is 5.99. The van der Waals surface area contributed by atoms with Gasteiger partial charge in [-0.25, -0.2) is 9.97 Å². The maximum absolute atomic E-state index is 12.5. The van der Waals surface area contributed by atoms with E-state index in [9.17, 15) is 4.79 Å². The number of anilines is 1. The van der Waals surface area contributed by atoms with Crippen LogP contribution in [0.25, 0.3) is 0 Å². The van der Waals surface area contributed by atoms with E-state index in [0.717, 1.165) is 18.4 Å². The zero-order valence-electron chi connectivity index (χ0n) is 14.7. The lowest BCUT2D eigenvalue weighted by atomic mass is 10.1. The van der Waals surface area contributed by atoms with E-state index in [-0.39, 0.29) is 11.9 Å². The SMILES string of the molecule is CC(NC(=O)c1ccnc(NC2CCCCCC2)n1)c1ccccc1. The molecule has 2 aromatic rings. The van der Waals surface area contributed by atoms with Gasteiger partial charge in [0.05, 0.1) is 6.04 Å². The van der Waals surface area contributed by atoms with Crippen LogP contribution in [-0.2, 0) is 0 Å². The average molecular weight is 338 g/mol. The second-order valence-corrected chi connectivity index (χ2v) is 6.70. The highest BCUT2D eigenvalue weighted by molar-refractivity contribution is 5.92. The minimum atomic E-state index is -0.178. The first-order valence-corrected chi connectivity index (χ1v) is 9.18. The molecule has 0 aliphatic heterocycles. The van der Waals surface area contributed by atoms with Gasteiger partial charge in [0.15, 0.2) is 0 Å². The molecule has 0 saturated heterocycles. The summed E-state index contributed by atoms with van der Waals surface area (Å²) in [6.45, 7) is 1.97. The van der Waals surface area contributed by atoms with Crippen molar-refractivity contribution in [2.75, 3.05) is 5.32 Å². The largest absolute Gasteiger partial charge is 0.351 e. The standard InChI is InChI=1S/C20H26N4O/c1-15(16-9-5-4-6-10-16)22-19(25)18-13-14-21-20(24-18)23-17-11-7-2-3-8-12-17/h4-6,9-10,13-15,17H,2-3,7-8,11-12H2,1H3,(H,22,25)(H,21,23,24). The summed E-state index contributed by atoms with van der Waals surface area (Å²) in [5.41, 5.74) is 1.47. The average Bonchev–Trinajstić information content (AvgIpc) is 2.91. The predicted molar refractivity (Wildman–Crippen MR) is 99.5 cm³/mol. The van der Waals surface area contributed by atoms with Crippen molar-refractivity contribution in [2.24, 2.45) is 0 Å². The number of hydrogen-bond acceptors (Lipinski definition) is 4. The first kappa shape index (κ1) is 17.4. The molecule has 1 heterocycles. The van der Waals surface area contributed by atoms with Gasteiger partial charge in [-0.3, -0.25) is 4.79 Å². The molecule has 2 N–H and O–H groups in total. The van der Waals surface area contributed by atoms with Crippen LogP contribution in [0.4, 0.5) is 5.95 Å². The van der Waals surface area contributed by atoms with E-state index >= 15 is 0 Å². The third-order valence-electron chi connectivity index (χ3n) is 4.72. The van der Waals surface area contributed by atoms with Crippen LogP contribution in [0.5, 0.6) is 0 Å². The van der Waals surface area contributed by atoms with Crippen molar-refractivity contribution in [3.8, 4) is 0 Å². The molecule has 1 amide bonds. The highest BCUT2D eigenvalue weighted by atomic mass is 16.1. The molecule has 0 spiro atoms. The number of carbonyl (C=O) groups is 1. The quantitative estimate of drug-likeness (QED) is 0.805. The second-order valence-electron chi connectivity index (χ2n) is 6.70. The van der Waals surface area contributed by atoms with Gasteiger partial charge in [-0.2, -0.15) is 0 Å². The highest BCUT2D eigenvalue weighted by Crippen LogP contribution is 2.20. The molecule has 132 valence electrons. The summed E-state index contributed by atoms with van der Waals surface area (Å²) < 4.78 is 0. The van der Waals surface area contributed by atoms with Gasteiger partial charge in [0, 0.05) is 12.2 Å². The fourth-order valence-corrected chi connectivity index (χ4v) is 3.26. The zero-order chi connectivity index (χ0) is 17.5. The summed E-state index contributed by atoms with van der Waals surface area (Å²) in [5, 5.41) is 6.40. The van der Waals surface area contributed by atoms with E-state index < -0.39 is 0 Å². The fourth-order valence-electron chi connectivity index (χ4n) is 3.26. The second kappa shape index (κ2) is 8.60. The van der Waals surface area contributed by atoms with Gasteiger partial charge in [0.1, 0.15) is 5.69 Å². The smallest absolute Gasteiger partial charge is 0.270 e. The highest BCUT2D eigenvalue weighted by Gasteiger charge is 2.16. The Balaban J connectivity index is 1.63. The van der Waals surface area contributed by atoms with Crippen molar-refractivity contribution < 1.29 is 4.79 Å². The van der Waals surface area contributed by atoms with Crippen molar-refractivity contribution in [1.29, 1.82) is 0 Å². The van der Waals surface area contributed by atoms with E-state index in [1.165, 1.54) is 25.7 Å². The predicted octanol–water partition coefficient (Wildman–Crippen LogP) is 4.10. The lowest BCUT2D eigenvalue weighted by Gasteiger charge is -2.17. The van der Waals surface area contributed by atoms with Gasteiger partial charge in [-0.1, -0.05) is 56.0 Å². The maximum Gasteiger partial charge on any atom is 0.270 e. The van der Waals surface area contributed by atoms with Crippen LogP contribution in [0.2, 0.25) is 0 Å². The van der Waals surface area contributed by atoms with E-state index in [4.69, 9.17) is 0 Å². The van der Waals surface area contributed by atoms with Crippen molar-refractivity contribution in [1.82, 2.24) is 15.3 Å². The molecule has 5 nitrogen and oxygen atoms in total. The number of nitrogens with zero attached hydrogens (tertiary/aromatic N) is 2. The van der Waals surface area contributed by atoms with Crippen molar-refractivity contribution in [2.45, 2.75) is 57.5 Å². The first-order chi connectivity index (χ1) is 12.2. The molecule has 5 heteroatoms. The molecule has 1 aromatic heterocycles. The topological polar surface area (TPSA) is 66.9 Å². The van der Waals surface area contributed by atoms with Crippen LogP contribution < -0.4 is 10.6 Å². The molecule has 3 rings (SSSR count). The number of hydrogen-bond donors (Lipinski definition) is 2. The van der Waals surface area contributed by atoms with Crippen LogP contribution >= 0.6 is 0 Å². The number of carbonyl (C=O) groups excluding carboxylic acids is 1. The molecule has 1 aliphatic carbocycles. The summed E-state index contributed by atoms with van der Waals surface area (Å²) in [7, 11) is 0. The number of nitrogens with one attached hydrogen (secondary N) is 2. The molecule has 1 aliphatic rings. The van der Waals surface area contributed by atoms with Crippen molar-refractivity contribution in [3.05, 3.63) is 53.9 Å². The Labute approximate surface area is 149 Å². The summed E-state index contributed by atoms with van der Waals surface area (Å²) in [6.07, 6.45) is 9.03.